The van der Waals surface area contributed by atoms with E-state index in [1.54, 1.807) is 0 Å². The summed E-state index contributed by atoms with van der Waals surface area (Å²) in [6.07, 6.45) is 1.61. The lowest BCUT2D eigenvalue weighted by Gasteiger charge is -2.34. The van der Waals surface area contributed by atoms with Crippen molar-refractivity contribution in [1.82, 2.24) is 4.90 Å². The summed E-state index contributed by atoms with van der Waals surface area (Å²) in [5.74, 6) is -0.930. The van der Waals surface area contributed by atoms with Crippen LogP contribution in [0.5, 0.6) is 0 Å². The zero-order valence-corrected chi connectivity index (χ0v) is 6.30. The number of nitrogens with zero attached hydrogens (tertiary/aromatic N) is 1. The van der Waals surface area contributed by atoms with Gasteiger partial charge in [-0.05, 0) is 0 Å². The number of likely N-dealkylation sites (tertiary alicyclic amines) is 1. The molecule has 1 aliphatic heterocycles. The van der Waals surface area contributed by atoms with Crippen molar-refractivity contribution >= 4 is 12.1 Å². The molecule has 1 amide bonds. The van der Waals surface area contributed by atoms with E-state index in [-0.39, 0.29) is 5.92 Å². The van der Waals surface area contributed by atoms with Gasteiger partial charge in [-0.15, -0.1) is 0 Å². The van der Waals surface area contributed by atoms with E-state index in [1.807, 2.05) is 0 Å². The molecule has 0 atom stereocenters. The van der Waals surface area contributed by atoms with E-state index in [4.69, 9.17) is 10.2 Å². The molecule has 0 bridgehead atoms. The number of rotatable bonds is 2. The lowest BCUT2D eigenvalue weighted by Crippen LogP contribution is -2.48. The van der Waals surface area contributed by atoms with Crippen LogP contribution >= 0.6 is 0 Å². The standard InChI is InChI=1S/C7H9NO4/c9-6(10)2-1-5-3-8(4-5)7(11)12/h1-2,5H,3-4H2,(H,9,10)(H,11,12)/b2-1+. The Kier molecular flexibility index (Phi) is 2.32. The maximum absolute atomic E-state index is 10.3. The van der Waals surface area contributed by atoms with E-state index in [9.17, 15) is 9.59 Å². The van der Waals surface area contributed by atoms with Gasteiger partial charge in [0.25, 0.3) is 0 Å². The second-order valence-corrected chi connectivity index (χ2v) is 2.64. The largest absolute Gasteiger partial charge is 0.478 e. The number of hydrogen-bond acceptors (Lipinski definition) is 2. The third-order valence-electron chi connectivity index (χ3n) is 1.69. The highest BCUT2D eigenvalue weighted by atomic mass is 16.4. The Balaban J connectivity index is 2.26. The van der Waals surface area contributed by atoms with Crippen LogP contribution in [0.2, 0.25) is 0 Å². The molecule has 0 unspecified atom stereocenters. The lowest BCUT2D eigenvalue weighted by atomic mass is 10.0. The van der Waals surface area contributed by atoms with E-state index in [0.717, 1.165) is 6.08 Å². The van der Waals surface area contributed by atoms with Gasteiger partial charge in [0.2, 0.25) is 0 Å². The number of carboxylic acids is 1. The van der Waals surface area contributed by atoms with E-state index in [0.29, 0.717) is 13.1 Å². The van der Waals surface area contributed by atoms with Crippen molar-refractivity contribution in [2.75, 3.05) is 13.1 Å². The SMILES string of the molecule is O=C(O)/C=C/C1CN(C(=O)O)C1. The van der Waals surface area contributed by atoms with E-state index in [2.05, 4.69) is 0 Å². The van der Waals surface area contributed by atoms with Gasteiger partial charge in [-0.1, -0.05) is 6.08 Å². The summed E-state index contributed by atoms with van der Waals surface area (Å²) in [5, 5.41) is 16.7. The summed E-state index contributed by atoms with van der Waals surface area (Å²) in [7, 11) is 0. The van der Waals surface area contributed by atoms with Gasteiger partial charge in [-0.3, -0.25) is 0 Å². The molecule has 0 saturated carbocycles. The highest BCUT2D eigenvalue weighted by Crippen LogP contribution is 2.16. The Morgan fingerprint density at radius 3 is 2.33 bits per heavy atom. The minimum Gasteiger partial charge on any atom is -0.478 e. The monoisotopic (exact) mass is 171 g/mol. The Labute approximate surface area is 68.9 Å². The van der Waals surface area contributed by atoms with Crippen LogP contribution in [-0.4, -0.2) is 40.3 Å². The first kappa shape index (κ1) is 8.58. The normalized spacial score (nSPS) is 17.8. The van der Waals surface area contributed by atoms with Crippen LogP contribution < -0.4 is 0 Å². The quantitative estimate of drug-likeness (QED) is 0.583. The van der Waals surface area contributed by atoms with Crippen molar-refractivity contribution in [3.8, 4) is 0 Å². The van der Waals surface area contributed by atoms with Crippen molar-refractivity contribution in [2.24, 2.45) is 5.92 Å². The summed E-state index contributed by atoms with van der Waals surface area (Å²) >= 11 is 0. The molecule has 1 heterocycles. The Morgan fingerprint density at radius 2 is 1.92 bits per heavy atom. The third kappa shape index (κ3) is 1.98. The first-order valence-corrected chi connectivity index (χ1v) is 3.48. The van der Waals surface area contributed by atoms with Crippen molar-refractivity contribution in [3.63, 3.8) is 0 Å². The topological polar surface area (TPSA) is 77.8 Å². The number of amides is 1. The molecule has 0 aromatic carbocycles. The summed E-state index contributed by atoms with van der Waals surface area (Å²) in [6, 6.07) is 0. The fourth-order valence-corrected chi connectivity index (χ4v) is 1.01. The molecule has 66 valence electrons. The fourth-order valence-electron chi connectivity index (χ4n) is 1.01. The molecule has 1 saturated heterocycles. The molecule has 5 heteroatoms. The first-order valence-electron chi connectivity index (χ1n) is 3.48. The van der Waals surface area contributed by atoms with Gasteiger partial charge < -0.3 is 15.1 Å². The Bertz CT molecular complexity index is 230. The predicted molar refractivity (Wildman–Crippen MR) is 39.9 cm³/mol. The van der Waals surface area contributed by atoms with Gasteiger partial charge >= 0.3 is 12.1 Å². The molecule has 0 spiro atoms. The van der Waals surface area contributed by atoms with Crippen LogP contribution in [0.3, 0.4) is 0 Å². The van der Waals surface area contributed by atoms with Gasteiger partial charge in [0, 0.05) is 25.1 Å². The van der Waals surface area contributed by atoms with Crippen LogP contribution in [-0.2, 0) is 4.79 Å². The molecule has 1 fully saturated rings. The molecule has 0 aromatic rings. The number of hydrogen-bond donors (Lipinski definition) is 2. The molecule has 1 aliphatic rings. The van der Waals surface area contributed by atoms with Gasteiger partial charge in [0.1, 0.15) is 0 Å². The fraction of sp³-hybridized carbons (Fsp3) is 0.429. The molecular formula is C7H9NO4. The molecule has 5 nitrogen and oxygen atoms in total. The van der Waals surface area contributed by atoms with Crippen molar-refractivity contribution in [1.29, 1.82) is 0 Å². The first-order chi connectivity index (χ1) is 5.59. The van der Waals surface area contributed by atoms with Crippen LogP contribution in [0.25, 0.3) is 0 Å². The second-order valence-electron chi connectivity index (χ2n) is 2.64. The smallest absolute Gasteiger partial charge is 0.407 e. The zero-order valence-electron chi connectivity index (χ0n) is 6.30. The second kappa shape index (κ2) is 3.25. The maximum Gasteiger partial charge on any atom is 0.407 e. The lowest BCUT2D eigenvalue weighted by molar-refractivity contribution is -0.131. The van der Waals surface area contributed by atoms with Crippen molar-refractivity contribution < 1.29 is 19.8 Å². The van der Waals surface area contributed by atoms with Crippen molar-refractivity contribution in [2.45, 2.75) is 0 Å². The predicted octanol–water partition coefficient (Wildman–Crippen LogP) is 0.237. The van der Waals surface area contributed by atoms with Gasteiger partial charge in [0.05, 0.1) is 0 Å². The molecule has 12 heavy (non-hydrogen) atoms. The minimum atomic E-state index is -0.997. The Hall–Kier alpha value is -1.52. The number of carboxylic acid groups (broad SMARTS) is 2. The molecule has 2 N–H and O–H groups in total. The number of carbonyl (C=O) groups is 2. The van der Waals surface area contributed by atoms with Crippen molar-refractivity contribution in [3.05, 3.63) is 12.2 Å². The summed E-state index contributed by atoms with van der Waals surface area (Å²) in [6.45, 7) is 0.804. The molecule has 0 radical (unpaired) electrons. The molecular weight excluding hydrogens is 162 g/mol. The van der Waals surface area contributed by atoms with E-state index < -0.39 is 12.1 Å². The number of aliphatic carboxylic acids is 1. The van der Waals surface area contributed by atoms with Gasteiger partial charge in [-0.2, -0.15) is 0 Å². The van der Waals surface area contributed by atoms with E-state index >= 15 is 0 Å². The van der Waals surface area contributed by atoms with E-state index in [1.165, 1.54) is 11.0 Å². The average Bonchev–Trinajstić information content (AvgIpc) is 1.82. The molecule has 1 rings (SSSR count). The summed E-state index contributed by atoms with van der Waals surface area (Å²) in [4.78, 5) is 21.5. The Morgan fingerprint density at radius 1 is 1.33 bits per heavy atom. The van der Waals surface area contributed by atoms with Gasteiger partial charge in [0.15, 0.2) is 0 Å². The van der Waals surface area contributed by atoms with Crippen LogP contribution in [0.4, 0.5) is 4.79 Å². The summed E-state index contributed by atoms with van der Waals surface area (Å²) < 4.78 is 0. The highest BCUT2D eigenvalue weighted by Gasteiger charge is 2.28. The van der Waals surface area contributed by atoms with Crippen LogP contribution in [0, 0.1) is 5.92 Å². The average molecular weight is 171 g/mol. The van der Waals surface area contributed by atoms with Crippen LogP contribution in [0.1, 0.15) is 0 Å². The molecule has 0 aliphatic carbocycles. The minimum absolute atomic E-state index is 0.0669. The van der Waals surface area contributed by atoms with Crippen LogP contribution in [0.15, 0.2) is 12.2 Å². The third-order valence-corrected chi connectivity index (χ3v) is 1.69. The molecule has 0 aromatic heterocycles. The summed E-state index contributed by atoms with van der Waals surface area (Å²) in [5.41, 5.74) is 0. The highest BCUT2D eigenvalue weighted by molar-refractivity contribution is 5.79. The zero-order chi connectivity index (χ0) is 9.14. The maximum atomic E-state index is 10.3. The van der Waals surface area contributed by atoms with Gasteiger partial charge in [-0.25, -0.2) is 9.59 Å².